The summed E-state index contributed by atoms with van der Waals surface area (Å²) in [5, 5.41) is 9.63. The Kier molecular flexibility index (Phi) is 5.66. The van der Waals surface area contributed by atoms with E-state index in [1.165, 1.54) is 11.8 Å². The van der Waals surface area contributed by atoms with Crippen molar-refractivity contribution in [2.75, 3.05) is 20.2 Å². The van der Waals surface area contributed by atoms with Gasteiger partial charge in [-0.15, -0.1) is 0 Å². The van der Waals surface area contributed by atoms with Crippen LogP contribution in [0.4, 0.5) is 0 Å². The van der Waals surface area contributed by atoms with E-state index in [4.69, 9.17) is 4.74 Å². The summed E-state index contributed by atoms with van der Waals surface area (Å²) in [6.07, 6.45) is -0.646. The van der Waals surface area contributed by atoms with E-state index in [9.17, 15) is 9.90 Å². The smallest absolute Gasteiger partial charge is 0.219 e. The van der Waals surface area contributed by atoms with Gasteiger partial charge < -0.3 is 14.7 Å². The van der Waals surface area contributed by atoms with Gasteiger partial charge in [0.25, 0.3) is 0 Å². The van der Waals surface area contributed by atoms with E-state index < -0.39 is 6.10 Å². The van der Waals surface area contributed by atoms with Gasteiger partial charge in [-0.3, -0.25) is 4.79 Å². The molecule has 0 saturated carbocycles. The highest BCUT2D eigenvalue weighted by atomic mass is 16.5. The van der Waals surface area contributed by atoms with Gasteiger partial charge in [-0.2, -0.15) is 0 Å². The second-order valence-electron chi connectivity index (χ2n) is 4.05. The first-order chi connectivity index (χ1) is 8.09. The van der Waals surface area contributed by atoms with Crippen molar-refractivity contribution in [2.24, 2.45) is 0 Å². The second-order valence-corrected chi connectivity index (χ2v) is 4.05. The van der Waals surface area contributed by atoms with Crippen molar-refractivity contribution in [1.29, 1.82) is 0 Å². The fourth-order valence-electron chi connectivity index (χ4n) is 1.38. The van der Waals surface area contributed by atoms with Gasteiger partial charge >= 0.3 is 0 Å². The molecule has 0 radical (unpaired) electrons. The van der Waals surface area contributed by atoms with Crippen molar-refractivity contribution in [3.63, 3.8) is 0 Å². The normalized spacial score (nSPS) is 12.2. The molecule has 4 heteroatoms. The topological polar surface area (TPSA) is 49.8 Å². The first-order valence-corrected chi connectivity index (χ1v) is 5.61. The van der Waals surface area contributed by atoms with E-state index in [1.54, 1.807) is 7.05 Å². The van der Waals surface area contributed by atoms with E-state index in [-0.39, 0.29) is 12.5 Å². The van der Waals surface area contributed by atoms with E-state index in [2.05, 4.69) is 0 Å². The Morgan fingerprint density at radius 1 is 1.41 bits per heavy atom. The number of amides is 1. The van der Waals surface area contributed by atoms with E-state index in [0.29, 0.717) is 13.2 Å². The highest BCUT2D eigenvalue weighted by Crippen LogP contribution is 2.01. The molecule has 1 unspecified atom stereocenters. The molecule has 17 heavy (non-hydrogen) atoms. The van der Waals surface area contributed by atoms with Crippen LogP contribution in [0.2, 0.25) is 0 Å². The summed E-state index contributed by atoms with van der Waals surface area (Å²) in [4.78, 5) is 12.4. The van der Waals surface area contributed by atoms with Crippen LogP contribution in [0.25, 0.3) is 0 Å². The SMILES string of the molecule is CC(=O)N(C)CC(O)COCc1ccccc1. The summed E-state index contributed by atoms with van der Waals surface area (Å²) in [6.45, 7) is 2.47. The maximum atomic E-state index is 10.9. The predicted molar refractivity (Wildman–Crippen MR) is 65.4 cm³/mol. The van der Waals surface area contributed by atoms with E-state index in [0.717, 1.165) is 5.56 Å². The Morgan fingerprint density at radius 3 is 2.65 bits per heavy atom. The highest BCUT2D eigenvalue weighted by molar-refractivity contribution is 5.72. The minimum absolute atomic E-state index is 0.0629. The maximum absolute atomic E-state index is 10.9. The molecule has 0 spiro atoms. The lowest BCUT2D eigenvalue weighted by Crippen LogP contribution is -2.34. The zero-order chi connectivity index (χ0) is 12.7. The molecule has 1 rings (SSSR count). The third kappa shape index (κ3) is 5.47. The van der Waals surface area contributed by atoms with Gasteiger partial charge in [0.05, 0.1) is 19.3 Å². The Balaban J connectivity index is 2.20. The Bertz CT molecular complexity index is 340. The maximum Gasteiger partial charge on any atom is 0.219 e. The first kappa shape index (κ1) is 13.7. The van der Waals surface area contributed by atoms with Crippen LogP contribution < -0.4 is 0 Å². The summed E-state index contributed by atoms with van der Waals surface area (Å²) in [7, 11) is 1.66. The molecule has 1 aromatic carbocycles. The monoisotopic (exact) mass is 237 g/mol. The van der Waals surface area contributed by atoms with Crippen molar-refractivity contribution in [2.45, 2.75) is 19.6 Å². The molecule has 0 bridgehead atoms. The molecule has 0 fully saturated rings. The molecule has 1 amide bonds. The Labute approximate surface area is 102 Å². The van der Waals surface area contributed by atoms with Crippen LogP contribution in [0.1, 0.15) is 12.5 Å². The van der Waals surface area contributed by atoms with Gasteiger partial charge in [-0.05, 0) is 5.56 Å². The van der Waals surface area contributed by atoms with Crippen LogP contribution >= 0.6 is 0 Å². The number of likely N-dealkylation sites (N-methyl/N-ethyl adjacent to an activating group) is 1. The number of nitrogens with zero attached hydrogens (tertiary/aromatic N) is 1. The number of ether oxygens (including phenoxy) is 1. The quantitative estimate of drug-likeness (QED) is 0.804. The van der Waals surface area contributed by atoms with Gasteiger partial charge in [0.2, 0.25) is 5.91 Å². The standard InChI is InChI=1S/C13H19NO3/c1-11(15)14(2)8-13(16)10-17-9-12-6-4-3-5-7-12/h3-7,13,16H,8-10H2,1-2H3. The lowest BCUT2D eigenvalue weighted by molar-refractivity contribution is -0.129. The molecule has 0 aromatic heterocycles. The second kappa shape index (κ2) is 7.04. The summed E-state index contributed by atoms with van der Waals surface area (Å²) < 4.78 is 5.37. The molecule has 1 N–H and O–H groups in total. The Morgan fingerprint density at radius 2 is 2.06 bits per heavy atom. The average Bonchev–Trinajstić information content (AvgIpc) is 2.30. The molecule has 4 nitrogen and oxygen atoms in total. The van der Waals surface area contributed by atoms with E-state index >= 15 is 0 Å². The number of rotatable bonds is 6. The molecule has 0 aliphatic carbocycles. The fourth-order valence-corrected chi connectivity index (χ4v) is 1.38. The molecular formula is C13H19NO3. The van der Waals surface area contributed by atoms with Gasteiger partial charge in [0, 0.05) is 20.5 Å². The lowest BCUT2D eigenvalue weighted by Gasteiger charge is -2.19. The van der Waals surface area contributed by atoms with Gasteiger partial charge in [-0.25, -0.2) is 0 Å². The first-order valence-electron chi connectivity index (χ1n) is 5.61. The minimum atomic E-state index is -0.646. The van der Waals surface area contributed by atoms with Crippen molar-refractivity contribution >= 4 is 5.91 Å². The van der Waals surface area contributed by atoms with Crippen molar-refractivity contribution in [3.05, 3.63) is 35.9 Å². The third-order valence-corrected chi connectivity index (χ3v) is 2.44. The zero-order valence-electron chi connectivity index (χ0n) is 10.3. The highest BCUT2D eigenvalue weighted by Gasteiger charge is 2.10. The largest absolute Gasteiger partial charge is 0.389 e. The number of carbonyl (C=O) groups excluding carboxylic acids is 1. The molecule has 0 heterocycles. The molecule has 94 valence electrons. The van der Waals surface area contributed by atoms with Crippen LogP contribution in [0.3, 0.4) is 0 Å². The Hall–Kier alpha value is -1.39. The number of hydrogen-bond acceptors (Lipinski definition) is 3. The summed E-state index contributed by atoms with van der Waals surface area (Å²) in [5.74, 6) is -0.0629. The van der Waals surface area contributed by atoms with Crippen LogP contribution in [-0.4, -0.2) is 42.2 Å². The van der Waals surface area contributed by atoms with Crippen molar-refractivity contribution in [1.82, 2.24) is 4.90 Å². The number of aliphatic hydroxyl groups is 1. The summed E-state index contributed by atoms with van der Waals surface area (Å²) in [6, 6.07) is 9.76. The molecular weight excluding hydrogens is 218 g/mol. The van der Waals surface area contributed by atoms with Crippen LogP contribution in [0.15, 0.2) is 30.3 Å². The van der Waals surface area contributed by atoms with Gasteiger partial charge in [0.15, 0.2) is 0 Å². The molecule has 0 aliphatic heterocycles. The van der Waals surface area contributed by atoms with Crippen LogP contribution in [0, 0.1) is 0 Å². The predicted octanol–water partition coefficient (Wildman–Crippen LogP) is 1.04. The number of benzene rings is 1. The molecule has 1 aromatic rings. The van der Waals surface area contributed by atoms with Crippen molar-refractivity contribution in [3.8, 4) is 0 Å². The summed E-state index contributed by atoms with van der Waals surface area (Å²) in [5.41, 5.74) is 1.07. The third-order valence-electron chi connectivity index (χ3n) is 2.44. The van der Waals surface area contributed by atoms with Crippen molar-refractivity contribution < 1.29 is 14.6 Å². The number of aliphatic hydroxyl groups excluding tert-OH is 1. The van der Waals surface area contributed by atoms with Crippen LogP contribution in [-0.2, 0) is 16.1 Å². The van der Waals surface area contributed by atoms with Gasteiger partial charge in [-0.1, -0.05) is 30.3 Å². The van der Waals surface area contributed by atoms with Gasteiger partial charge in [0.1, 0.15) is 0 Å². The molecule has 1 atom stereocenters. The lowest BCUT2D eigenvalue weighted by atomic mass is 10.2. The fraction of sp³-hybridized carbons (Fsp3) is 0.462. The number of hydrogen-bond donors (Lipinski definition) is 1. The minimum Gasteiger partial charge on any atom is -0.389 e. The average molecular weight is 237 g/mol. The zero-order valence-corrected chi connectivity index (χ0v) is 10.3. The van der Waals surface area contributed by atoms with Crippen LogP contribution in [0.5, 0.6) is 0 Å². The molecule has 0 saturated heterocycles. The van der Waals surface area contributed by atoms with E-state index in [1.807, 2.05) is 30.3 Å². The summed E-state index contributed by atoms with van der Waals surface area (Å²) >= 11 is 0. The number of carbonyl (C=O) groups is 1. The molecule has 0 aliphatic rings.